The third-order valence-electron chi connectivity index (χ3n) is 4.11. The van der Waals surface area contributed by atoms with E-state index >= 15 is 0 Å². The number of hydrogen-bond donors (Lipinski definition) is 1. The van der Waals surface area contributed by atoms with E-state index in [1.165, 1.54) is 12.8 Å². The minimum Gasteiger partial charge on any atom is -0.324 e. The van der Waals surface area contributed by atoms with Crippen LogP contribution in [0.3, 0.4) is 0 Å². The molecule has 20 heavy (non-hydrogen) atoms. The van der Waals surface area contributed by atoms with Gasteiger partial charge in [0, 0.05) is 0 Å². The monoisotopic (exact) mass is 306 g/mol. The Hall–Kier alpha value is 0.150. The maximum absolute atomic E-state index is 12.4. The molecule has 0 saturated carbocycles. The third-order valence-corrected chi connectivity index (χ3v) is 6.18. The van der Waals surface area contributed by atoms with E-state index in [-0.39, 0.29) is 5.66 Å². The molecule has 0 bridgehead atoms. The van der Waals surface area contributed by atoms with Gasteiger partial charge in [-0.2, -0.15) is 0 Å². The van der Waals surface area contributed by atoms with Crippen LogP contribution in [0.4, 0.5) is 0 Å². The van der Waals surface area contributed by atoms with Crippen molar-refractivity contribution < 1.29 is 14.0 Å². The third kappa shape index (κ3) is 8.44. The van der Waals surface area contributed by atoms with Crippen LogP contribution in [0, 0.1) is 5.92 Å². The van der Waals surface area contributed by atoms with Crippen molar-refractivity contribution in [2.45, 2.75) is 91.1 Å². The largest absolute Gasteiger partial charge is 0.331 e. The van der Waals surface area contributed by atoms with Gasteiger partial charge >= 0.3 is 7.60 Å². The first-order valence-electron chi connectivity index (χ1n) is 8.48. The van der Waals surface area contributed by atoms with Gasteiger partial charge in [-0.1, -0.05) is 66.2 Å². The fourth-order valence-electron chi connectivity index (χ4n) is 2.44. The summed E-state index contributed by atoms with van der Waals surface area (Å²) in [6.07, 6.45) is 9.29. The molecule has 122 valence electrons. The maximum Gasteiger partial charge on any atom is 0.331 e. The number of rotatable bonds is 13. The highest BCUT2D eigenvalue weighted by Gasteiger charge is 2.31. The lowest BCUT2D eigenvalue weighted by Crippen LogP contribution is -2.14. The van der Waals surface area contributed by atoms with E-state index in [9.17, 15) is 9.46 Å². The van der Waals surface area contributed by atoms with Crippen molar-refractivity contribution >= 4 is 7.60 Å². The van der Waals surface area contributed by atoms with Crippen LogP contribution in [0.2, 0.25) is 0 Å². The lowest BCUT2D eigenvalue weighted by atomic mass is 10.0. The van der Waals surface area contributed by atoms with Crippen molar-refractivity contribution in [3.8, 4) is 0 Å². The molecule has 0 fully saturated rings. The quantitative estimate of drug-likeness (QED) is 0.347. The molecule has 0 saturated heterocycles. The zero-order valence-corrected chi connectivity index (χ0v) is 14.8. The van der Waals surface area contributed by atoms with Gasteiger partial charge in [0.15, 0.2) is 0 Å². The molecule has 0 heterocycles. The van der Waals surface area contributed by atoms with Gasteiger partial charge in [-0.05, 0) is 25.2 Å². The van der Waals surface area contributed by atoms with Crippen molar-refractivity contribution in [3.05, 3.63) is 0 Å². The zero-order valence-electron chi connectivity index (χ0n) is 13.9. The van der Waals surface area contributed by atoms with Crippen LogP contribution in [-0.4, -0.2) is 17.2 Å². The standard InChI is InChI=1S/C16H35O3P/c1-5-9-11-13-16(8-4)20(17,18)19-14-15(7-3)12-10-6-2/h15-16H,5-14H2,1-4H3,(H,17,18). The molecule has 3 nitrogen and oxygen atoms in total. The van der Waals surface area contributed by atoms with Gasteiger partial charge in [0.05, 0.1) is 12.3 Å². The fourth-order valence-corrected chi connectivity index (χ4v) is 4.05. The first kappa shape index (κ1) is 20.1. The summed E-state index contributed by atoms with van der Waals surface area (Å²) in [4.78, 5) is 10.2. The normalized spacial score (nSPS) is 17.6. The Morgan fingerprint density at radius 2 is 1.60 bits per heavy atom. The van der Waals surface area contributed by atoms with Gasteiger partial charge in [0.1, 0.15) is 0 Å². The molecule has 1 N–H and O–H groups in total. The van der Waals surface area contributed by atoms with Crippen molar-refractivity contribution in [3.63, 3.8) is 0 Å². The minimum atomic E-state index is -3.44. The van der Waals surface area contributed by atoms with Crippen LogP contribution in [0.25, 0.3) is 0 Å². The molecule has 0 aromatic heterocycles. The summed E-state index contributed by atoms with van der Waals surface area (Å²) in [6, 6.07) is 0. The molecule has 0 rings (SSSR count). The molecule has 0 aliphatic rings. The molecular weight excluding hydrogens is 271 g/mol. The smallest absolute Gasteiger partial charge is 0.324 e. The Bertz CT molecular complexity index is 268. The molecule has 4 heteroatoms. The maximum atomic E-state index is 12.4. The predicted octanol–water partition coefficient (Wildman–Crippen LogP) is 5.76. The molecule has 0 aliphatic carbocycles. The SMILES string of the molecule is CCCCCC(CC)P(=O)(O)OCC(CC)CCCC. The van der Waals surface area contributed by atoms with E-state index in [0.29, 0.717) is 12.5 Å². The average Bonchev–Trinajstić information content (AvgIpc) is 2.43. The molecule has 0 aromatic rings. The van der Waals surface area contributed by atoms with Crippen molar-refractivity contribution in [2.24, 2.45) is 5.92 Å². The van der Waals surface area contributed by atoms with Crippen molar-refractivity contribution in [1.82, 2.24) is 0 Å². The fraction of sp³-hybridized carbons (Fsp3) is 1.00. The molecule has 0 aromatic carbocycles. The van der Waals surface area contributed by atoms with Crippen LogP contribution in [-0.2, 0) is 9.09 Å². The van der Waals surface area contributed by atoms with Gasteiger partial charge in [-0.15, -0.1) is 0 Å². The summed E-state index contributed by atoms with van der Waals surface area (Å²) in [5, 5.41) is 0. The molecule has 0 amide bonds. The van der Waals surface area contributed by atoms with Crippen molar-refractivity contribution in [1.29, 1.82) is 0 Å². The summed E-state index contributed by atoms with van der Waals surface area (Å²) in [5.74, 6) is 0.420. The highest BCUT2D eigenvalue weighted by Crippen LogP contribution is 2.51. The molecule has 3 atom stereocenters. The zero-order chi connectivity index (χ0) is 15.4. The Labute approximate surface area is 126 Å². The van der Waals surface area contributed by atoms with E-state index in [1.807, 2.05) is 6.92 Å². The summed E-state index contributed by atoms with van der Waals surface area (Å²) >= 11 is 0. The number of unbranched alkanes of at least 4 members (excludes halogenated alkanes) is 3. The molecule has 0 aliphatic heterocycles. The topological polar surface area (TPSA) is 46.5 Å². The van der Waals surface area contributed by atoms with Gasteiger partial charge in [0.2, 0.25) is 0 Å². The van der Waals surface area contributed by atoms with Gasteiger partial charge in [-0.25, -0.2) is 0 Å². The summed E-state index contributed by atoms with van der Waals surface area (Å²) in [7, 11) is -3.44. The second kappa shape index (κ2) is 11.8. The van der Waals surface area contributed by atoms with Gasteiger partial charge in [-0.3, -0.25) is 4.57 Å². The highest BCUT2D eigenvalue weighted by atomic mass is 31.2. The van der Waals surface area contributed by atoms with Crippen LogP contribution >= 0.6 is 7.60 Å². The second-order valence-corrected chi connectivity index (χ2v) is 7.95. The lowest BCUT2D eigenvalue weighted by molar-refractivity contribution is 0.196. The van der Waals surface area contributed by atoms with E-state index in [0.717, 1.165) is 44.9 Å². The van der Waals surface area contributed by atoms with Gasteiger partial charge < -0.3 is 9.42 Å². The Balaban J connectivity index is 4.26. The molecule has 3 unspecified atom stereocenters. The Morgan fingerprint density at radius 3 is 2.10 bits per heavy atom. The van der Waals surface area contributed by atoms with Crippen LogP contribution in [0.15, 0.2) is 0 Å². The molecule has 0 radical (unpaired) electrons. The van der Waals surface area contributed by atoms with E-state index < -0.39 is 7.60 Å². The molecule has 0 spiro atoms. The second-order valence-electron chi connectivity index (χ2n) is 5.83. The Morgan fingerprint density at radius 1 is 0.950 bits per heavy atom. The van der Waals surface area contributed by atoms with E-state index in [1.54, 1.807) is 0 Å². The first-order chi connectivity index (χ1) is 9.51. The summed E-state index contributed by atoms with van der Waals surface area (Å²) in [6.45, 7) is 8.87. The minimum absolute atomic E-state index is 0.183. The Kier molecular flexibility index (Phi) is 11.9. The van der Waals surface area contributed by atoms with Crippen LogP contribution < -0.4 is 0 Å². The van der Waals surface area contributed by atoms with Crippen LogP contribution in [0.5, 0.6) is 0 Å². The van der Waals surface area contributed by atoms with Crippen LogP contribution in [0.1, 0.15) is 85.5 Å². The number of hydrogen-bond acceptors (Lipinski definition) is 2. The highest BCUT2D eigenvalue weighted by molar-refractivity contribution is 7.53. The van der Waals surface area contributed by atoms with E-state index in [4.69, 9.17) is 4.52 Å². The molecular formula is C16H35O3P. The average molecular weight is 306 g/mol. The predicted molar refractivity (Wildman–Crippen MR) is 87.3 cm³/mol. The van der Waals surface area contributed by atoms with Gasteiger partial charge in [0.25, 0.3) is 0 Å². The van der Waals surface area contributed by atoms with E-state index in [2.05, 4.69) is 20.8 Å². The summed E-state index contributed by atoms with van der Waals surface area (Å²) < 4.78 is 17.8. The first-order valence-corrected chi connectivity index (χ1v) is 10.1. The van der Waals surface area contributed by atoms with Crippen molar-refractivity contribution in [2.75, 3.05) is 6.61 Å². The lowest BCUT2D eigenvalue weighted by Gasteiger charge is -2.24. The summed E-state index contributed by atoms with van der Waals surface area (Å²) in [5.41, 5.74) is -0.183.